The fourth-order valence-electron chi connectivity index (χ4n) is 7.44. The summed E-state index contributed by atoms with van der Waals surface area (Å²) in [5.74, 6) is -1.50. The number of imide groups is 1. The van der Waals surface area contributed by atoms with E-state index in [1.165, 1.54) is 4.90 Å². The minimum absolute atomic E-state index is 0.0402. The second-order valence-corrected chi connectivity index (χ2v) is 14.0. The number of Topliss-reactive ketones (excluding diaryl/α,β-unsaturated/α-hetero) is 1. The summed E-state index contributed by atoms with van der Waals surface area (Å²) in [4.78, 5) is 68.0. The molecule has 1 saturated heterocycles. The van der Waals surface area contributed by atoms with Crippen molar-refractivity contribution >= 4 is 80.1 Å². The molecule has 10 nitrogen and oxygen atoms in total. The molecule has 6 rings (SSSR count). The molecule has 0 saturated carbocycles. The summed E-state index contributed by atoms with van der Waals surface area (Å²) < 4.78 is 0. The molecule has 3 aromatic heterocycles. The Hall–Kier alpha value is -5.64. The average Bonchev–Trinajstić information content (AvgIpc) is 3.82. The molecular formula is C42H45N5O5. The van der Waals surface area contributed by atoms with E-state index in [4.69, 9.17) is 9.97 Å². The number of aromatic amines is 2. The van der Waals surface area contributed by atoms with Crippen molar-refractivity contribution < 1.29 is 24.3 Å². The first-order valence-electron chi connectivity index (χ1n) is 17.8. The number of carbonyl (C=O) groups excluding carboxylic acids is 3. The maximum Gasteiger partial charge on any atom is 0.303 e. The molecule has 8 bridgehead atoms. The second-order valence-electron chi connectivity index (χ2n) is 14.0. The highest BCUT2D eigenvalue weighted by molar-refractivity contribution is 6.03. The summed E-state index contributed by atoms with van der Waals surface area (Å²) in [5.41, 5.74) is 13.9. The molecule has 3 N–H and O–H groups in total. The van der Waals surface area contributed by atoms with Crippen LogP contribution in [0.2, 0.25) is 0 Å². The summed E-state index contributed by atoms with van der Waals surface area (Å²) in [5, 5.41) is 9.60. The van der Waals surface area contributed by atoms with Gasteiger partial charge in [0.25, 0.3) is 0 Å². The van der Waals surface area contributed by atoms with Crippen molar-refractivity contribution in [1.29, 1.82) is 0 Å². The monoisotopic (exact) mass is 699 g/mol. The Morgan fingerprint density at radius 1 is 0.788 bits per heavy atom. The van der Waals surface area contributed by atoms with Crippen LogP contribution in [0.1, 0.15) is 111 Å². The SMILES string of the molecule is C=Cc1c(C)c2cc3[nH]c(cc4nc(cc5nc(cc1[nH]2)C(C)=C5CCC(=O)O)C(CCC(=O)CCCN1C(=O)CC(C)C1=O)=C4C)c(C)c3C=C. The highest BCUT2D eigenvalue weighted by atomic mass is 16.4. The number of amides is 2. The van der Waals surface area contributed by atoms with Crippen molar-refractivity contribution in [2.75, 3.05) is 6.54 Å². The molecule has 3 aliphatic rings. The van der Waals surface area contributed by atoms with E-state index in [2.05, 4.69) is 29.2 Å². The smallest absolute Gasteiger partial charge is 0.303 e. The van der Waals surface area contributed by atoms with E-state index >= 15 is 0 Å². The minimum Gasteiger partial charge on any atom is -0.481 e. The Morgan fingerprint density at radius 3 is 1.83 bits per heavy atom. The van der Waals surface area contributed by atoms with Crippen LogP contribution in [0.3, 0.4) is 0 Å². The number of hydrogen-bond acceptors (Lipinski definition) is 6. The van der Waals surface area contributed by atoms with E-state index in [0.717, 1.165) is 78.0 Å². The largest absolute Gasteiger partial charge is 0.481 e. The summed E-state index contributed by atoms with van der Waals surface area (Å²) in [6, 6.07) is 7.99. The number of aliphatic carboxylic acids is 1. The number of allylic oxidation sites excluding steroid dienone is 4. The Kier molecular flexibility index (Phi) is 10.1. The zero-order valence-corrected chi connectivity index (χ0v) is 30.5. The Labute approximate surface area is 303 Å². The van der Waals surface area contributed by atoms with E-state index < -0.39 is 5.97 Å². The molecule has 1 unspecified atom stereocenters. The van der Waals surface area contributed by atoms with Crippen LogP contribution in [0.15, 0.2) is 37.4 Å². The lowest BCUT2D eigenvalue weighted by atomic mass is 9.97. The van der Waals surface area contributed by atoms with E-state index in [1.54, 1.807) is 6.92 Å². The molecule has 0 aliphatic carbocycles. The van der Waals surface area contributed by atoms with Gasteiger partial charge in [0.15, 0.2) is 0 Å². The zero-order chi connectivity index (χ0) is 37.4. The Balaban J connectivity index is 1.46. The molecule has 3 aromatic rings. The number of rotatable bonds is 12. The fourth-order valence-corrected chi connectivity index (χ4v) is 7.44. The van der Waals surface area contributed by atoms with Gasteiger partial charge in [0.1, 0.15) is 5.78 Å². The molecule has 0 radical (unpaired) electrons. The molecule has 1 fully saturated rings. The maximum atomic E-state index is 13.2. The van der Waals surface area contributed by atoms with Gasteiger partial charge < -0.3 is 15.1 Å². The lowest BCUT2D eigenvalue weighted by molar-refractivity contribution is -0.140. The van der Waals surface area contributed by atoms with Gasteiger partial charge in [-0.25, -0.2) is 9.97 Å². The first-order chi connectivity index (χ1) is 24.8. The molecule has 3 aliphatic heterocycles. The van der Waals surface area contributed by atoms with Gasteiger partial charge in [0.05, 0.1) is 22.8 Å². The van der Waals surface area contributed by atoms with Gasteiger partial charge in [-0.3, -0.25) is 24.1 Å². The molecule has 2 amide bonds. The number of hydrogen-bond donors (Lipinski definition) is 3. The van der Waals surface area contributed by atoms with Crippen molar-refractivity contribution in [3.05, 3.63) is 82.5 Å². The number of H-pyrrole nitrogens is 2. The van der Waals surface area contributed by atoms with Gasteiger partial charge in [-0.15, -0.1) is 0 Å². The molecule has 0 spiro atoms. The standard InChI is InChI=1S/C42H45N5O5/c1-8-28-23(4)32-18-33-25(6)30(13-12-27(48)11-10-16-47-40(49)17-22(3)42(47)52)38(45-33)21-39-31(14-15-41(50)51)26(7)35(46-39)20-37-29(9-2)24(5)34(44-37)19-36(28)43-32/h8-9,18-22,43-44H,1-2,10-17H2,3-7H3,(H,50,51). The summed E-state index contributed by atoms with van der Waals surface area (Å²) in [7, 11) is 0. The predicted octanol–water partition coefficient (Wildman–Crippen LogP) is 8.47. The first kappa shape index (κ1) is 36.2. The molecule has 268 valence electrons. The summed E-state index contributed by atoms with van der Waals surface area (Å²) in [6.45, 7) is 18.2. The number of carbonyl (C=O) groups is 4. The van der Waals surface area contributed by atoms with Crippen LogP contribution in [0.5, 0.6) is 0 Å². The Bertz CT molecular complexity index is 2300. The lowest BCUT2D eigenvalue weighted by Gasteiger charge is -2.13. The van der Waals surface area contributed by atoms with Crippen LogP contribution in [0, 0.1) is 19.8 Å². The van der Waals surface area contributed by atoms with Crippen molar-refractivity contribution in [2.24, 2.45) is 5.92 Å². The van der Waals surface area contributed by atoms with E-state index in [0.29, 0.717) is 30.7 Å². The number of aromatic nitrogens is 4. The van der Waals surface area contributed by atoms with Crippen LogP contribution >= 0.6 is 0 Å². The van der Waals surface area contributed by atoms with Crippen molar-refractivity contribution in [2.45, 2.75) is 79.6 Å². The number of nitrogens with zero attached hydrogens (tertiary/aromatic N) is 3. The van der Waals surface area contributed by atoms with Gasteiger partial charge in [0, 0.05) is 71.3 Å². The Morgan fingerprint density at radius 2 is 1.31 bits per heavy atom. The summed E-state index contributed by atoms with van der Waals surface area (Å²) in [6.07, 6.45) is 5.53. The third kappa shape index (κ3) is 6.85. The van der Waals surface area contributed by atoms with E-state index in [1.807, 2.05) is 58.0 Å². The lowest BCUT2D eigenvalue weighted by Crippen LogP contribution is -2.31. The average molecular weight is 700 g/mol. The van der Waals surface area contributed by atoms with Gasteiger partial charge in [0.2, 0.25) is 11.8 Å². The van der Waals surface area contributed by atoms with E-state index in [-0.39, 0.29) is 55.7 Å². The van der Waals surface area contributed by atoms with Crippen molar-refractivity contribution in [3.8, 4) is 0 Å². The van der Waals surface area contributed by atoms with Crippen molar-refractivity contribution in [3.63, 3.8) is 0 Å². The molecule has 1 atom stereocenters. The fraction of sp³-hybridized carbons (Fsp3) is 0.333. The number of nitrogens with one attached hydrogen (secondary N) is 2. The maximum absolute atomic E-state index is 13.2. The third-order valence-corrected chi connectivity index (χ3v) is 10.6. The molecule has 52 heavy (non-hydrogen) atoms. The first-order valence-corrected chi connectivity index (χ1v) is 17.8. The normalized spacial score (nSPS) is 15.9. The second kappa shape index (κ2) is 14.5. The van der Waals surface area contributed by atoms with Gasteiger partial charge in [-0.05, 0) is 105 Å². The summed E-state index contributed by atoms with van der Waals surface area (Å²) >= 11 is 0. The number of ketones is 1. The van der Waals surface area contributed by atoms with Crippen LogP contribution in [-0.4, -0.2) is 60.1 Å². The molecule has 0 aromatic carbocycles. The van der Waals surface area contributed by atoms with Crippen LogP contribution in [-0.2, 0) is 19.2 Å². The van der Waals surface area contributed by atoms with Crippen LogP contribution < -0.4 is 0 Å². The molecule has 10 heteroatoms. The van der Waals surface area contributed by atoms with Crippen LogP contribution in [0.25, 0.3) is 56.5 Å². The number of aryl methyl sites for hydroxylation is 2. The van der Waals surface area contributed by atoms with Crippen LogP contribution in [0.4, 0.5) is 0 Å². The number of fused-ring (bicyclic) bond motifs is 8. The quantitative estimate of drug-likeness (QED) is 0.161. The van der Waals surface area contributed by atoms with Gasteiger partial charge in [-0.1, -0.05) is 32.2 Å². The zero-order valence-electron chi connectivity index (χ0n) is 30.5. The van der Waals surface area contributed by atoms with Crippen molar-refractivity contribution in [1.82, 2.24) is 24.8 Å². The van der Waals surface area contributed by atoms with Gasteiger partial charge >= 0.3 is 5.97 Å². The van der Waals surface area contributed by atoms with Gasteiger partial charge in [-0.2, -0.15) is 0 Å². The third-order valence-electron chi connectivity index (χ3n) is 10.6. The number of likely N-dealkylation sites (tertiary alicyclic amines) is 1. The molecular weight excluding hydrogens is 654 g/mol. The number of carboxylic acids is 1. The topological polar surface area (TPSA) is 149 Å². The van der Waals surface area contributed by atoms with E-state index in [9.17, 15) is 24.3 Å². The molecule has 6 heterocycles. The highest BCUT2D eigenvalue weighted by Gasteiger charge is 2.35. The number of carboxylic acid groups (broad SMARTS) is 1. The highest BCUT2D eigenvalue weighted by Crippen LogP contribution is 2.38. The minimum atomic E-state index is -0.893. The predicted molar refractivity (Wildman–Crippen MR) is 206 cm³/mol.